The summed E-state index contributed by atoms with van der Waals surface area (Å²) in [5.74, 6) is -1.00. The Morgan fingerprint density at radius 2 is 1.89 bits per heavy atom. The van der Waals surface area contributed by atoms with Gasteiger partial charge in [-0.2, -0.15) is 0 Å². The third kappa shape index (κ3) is 3.33. The Morgan fingerprint density at radius 1 is 1.22 bits per heavy atom. The molecule has 1 amide bonds. The zero-order valence-electron chi connectivity index (χ0n) is 22.7. The molecule has 2 heterocycles. The number of carboxylic acid groups (broad SMARTS) is 1. The van der Waals surface area contributed by atoms with Gasteiger partial charge in [-0.1, -0.05) is 48.0 Å². The van der Waals surface area contributed by atoms with Crippen LogP contribution in [0.2, 0.25) is 0 Å². The summed E-state index contributed by atoms with van der Waals surface area (Å²) in [6.07, 6.45) is 1.48. The molecule has 4 N–H and O–H groups in total. The molecule has 0 saturated heterocycles. The summed E-state index contributed by atoms with van der Waals surface area (Å²) in [5.41, 5.74) is -0.170. The zero-order chi connectivity index (χ0) is 27.2. The molecule has 5 rings (SSSR count). The van der Waals surface area contributed by atoms with Gasteiger partial charge in [-0.3, -0.25) is 4.79 Å². The highest BCUT2D eigenvalue weighted by atomic mass is 16.5. The van der Waals surface area contributed by atoms with Crippen molar-refractivity contribution in [2.75, 3.05) is 0 Å². The number of aromatic hydroxyl groups is 1. The second kappa shape index (κ2) is 8.34. The van der Waals surface area contributed by atoms with Gasteiger partial charge in [0.05, 0.1) is 24.3 Å². The Balaban J connectivity index is 1.59. The number of phenols is 1. The number of ether oxygens (including phenoxy) is 1. The molecule has 2 aliphatic heterocycles. The lowest BCUT2D eigenvalue weighted by atomic mass is 9.43. The smallest absolute Gasteiger partial charge is 0.326 e. The van der Waals surface area contributed by atoms with E-state index in [-0.39, 0.29) is 30.0 Å². The van der Waals surface area contributed by atoms with E-state index in [1.807, 2.05) is 27.7 Å². The number of rotatable bonds is 4. The molecule has 1 aromatic carbocycles. The van der Waals surface area contributed by atoms with E-state index in [1.54, 1.807) is 0 Å². The van der Waals surface area contributed by atoms with Crippen LogP contribution in [0.5, 0.6) is 11.5 Å². The lowest BCUT2D eigenvalue weighted by Crippen LogP contribution is -2.69. The van der Waals surface area contributed by atoms with Crippen LogP contribution in [0.3, 0.4) is 0 Å². The van der Waals surface area contributed by atoms with Crippen LogP contribution in [-0.4, -0.2) is 61.1 Å². The number of fused-ring (bicyclic) bond motifs is 5. The molecule has 8 nitrogen and oxygen atoms in total. The van der Waals surface area contributed by atoms with Gasteiger partial charge < -0.3 is 30.1 Å². The van der Waals surface area contributed by atoms with E-state index in [4.69, 9.17) is 4.74 Å². The van der Waals surface area contributed by atoms with Gasteiger partial charge in [0, 0.05) is 23.0 Å². The average molecular weight is 516 g/mol. The van der Waals surface area contributed by atoms with Gasteiger partial charge in [0.1, 0.15) is 23.1 Å². The normalized spacial score (nSPS) is 37.5. The SMILES string of the molecule is CCC(C)C(C(=O)O)N1Cc2c(cc(O)c3c2OC2(C3)C(C)CCC3C(C)(C)C(O)C(O)CC32C)C1=O. The number of aliphatic hydroxyl groups excluding tert-OH is 2. The number of aliphatic hydroxyl groups is 2. The molecule has 4 aliphatic rings. The molecule has 1 aromatic rings. The lowest BCUT2D eigenvalue weighted by molar-refractivity contribution is -0.240. The van der Waals surface area contributed by atoms with Crippen molar-refractivity contribution < 1.29 is 34.8 Å². The molecule has 0 bridgehead atoms. The Bertz CT molecular complexity index is 1150. The van der Waals surface area contributed by atoms with Crippen molar-refractivity contribution in [2.24, 2.45) is 28.6 Å². The number of carboxylic acids is 1. The van der Waals surface area contributed by atoms with E-state index in [2.05, 4.69) is 13.8 Å². The van der Waals surface area contributed by atoms with Gasteiger partial charge in [0.25, 0.3) is 5.91 Å². The van der Waals surface area contributed by atoms with Crippen LogP contribution in [0.1, 0.15) is 88.7 Å². The Kier molecular flexibility index (Phi) is 5.93. The number of amides is 1. The molecule has 1 spiro atoms. The average Bonchev–Trinajstić information content (AvgIpc) is 3.37. The van der Waals surface area contributed by atoms with Crippen LogP contribution in [-0.2, 0) is 17.8 Å². The molecule has 8 atom stereocenters. The lowest BCUT2D eigenvalue weighted by Gasteiger charge is -2.64. The van der Waals surface area contributed by atoms with Crippen molar-refractivity contribution in [3.8, 4) is 11.5 Å². The van der Waals surface area contributed by atoms with E-state index in [9.17, 15) is 30.0 Å². The van der Waals surface area contributed by atoms with Crippen molar-refractivity contribution in [3.05, 3.63) is 22.8 Å². The fourth-order valence-electron chi connectivity index (χ4n) is 8.56. The second-order valence-corrected chi connectivity index (χ2v) is 13.0. The molecule has 0 aromatic heterocycles. The van der Waals surface area contributed by atoms with E-state index in [0.29, 0.717) is 41.7 Å². The zero-order valence-corrected chi connectivity index (χ0v) is 22.7. The van der Waals surface area contributed by atoms with Crippen molar-refractivity contribution in [1.82, 2.24) is 4.90 Å². The maximum atomic E-state index is 13.4. The molecule has 2 saturated carbocycles. The summed E-state index contributed by atoms with van der Waals surface area (Å²) < 4.78 is 6.97. The number of phenolic OH excluding ortho intramolecular Hbond substituents is 1. The van der Waals surface area contributed by atoms with Crippen molar-refractivity contribution in [3.63, 3.8) is 0 Å². The first-order valence-electron chi connectivity index (χ1n) is 13.7. The summed E-state index contributed by atoms with van der Waals surface area (Å²) in [6.45, 7) is 12.2. The predicted molar refractivity (Wildman–Crippen MR) is 136 cm³/mol. The Morgan fingerprint density at radius 3 is 2.51 bits per heavy atom. The van der Waals surface area contributed by atoms with Gasteiger partial charge in [-0.25, -0.2) is 4.79 Å². The van der Waals surface area contributed by atoms with E-state index >= 15 is 0 Å². The molecule has 204 valence electrons. The summed E-state index contributed by atoms with van der Waals surface area (Å²) in [7, 11) is 0. The van der Waals surface area contributed by atoms with Crippen LogP contribution in [0.15, 0.2) is 6.07 Å². The third-order valence-corrected chi connectivity index (χ3v) is 10.9. The first-order valence-corrected chi connectivity index (χ1v) is 13.7. The van der Waals surface area contributed by atoms with Crippen LogP contribution >= 0.6 is 0 Å². The molecule has 8 unspecified atom stereocenters. The minimum absolute atomic E-state index is 0.00943. The molecule has 0 radical (unpaired) electrons. The maximum absolute atomic E-state index is 13.4. The van der Waals surface area contributed by atoms with Crippen LogP contribution in [0, 0.1) is 28.6 Å². The molecule has 8 heteroatoms. The minimum atomic E-state index is -1.04. The largest absolute Gasteiger partial charge is 0.508 e. The third-order valence-electron chi connectivity index (χ3n) is 10.9. The van der Waals surface area contributed by atoms with E-state index < -0.39 is 46.6 Å². The Labute approximate surface area is 218 Å². The number of hydrogen-bond acceptors (Lipinski definition) is 6. The van der Waals surface area contributed by atoms with Crippen LogP contribution in [0.25, 0.3) is 0 Å². The van der Waals surface area contributed by atoms with Crippen LogP contribution in [0.4, 0.5) is 0 Å². The second-order valence-electron chi connectivity index (χ2n) is 13.0. The number of hydrogen-bond donors (Lipinski definition) is 4. The van der Waals surface area contributed by atoms with Crippen molar-refractivity contribution >= 4 is 11.9 Å². The van der Waals surface area contributed by atoms with Gasteiger partial charge in [0.15, 0.2) is 0 Å². The number of aliphatic carboxylic acids is 1. The summed E-state index contributed by atoms with van der Waals surface area (Å²) >= 11 is 0. The fourth-order valence-corrected chi connectivity index (χ4v) is 8.56. The molecule has 2 aliphatic carbocycles. The number of carbonyl (C=O) groups excluding carboxylic acids is 1. The first-order chi connectivity index (χ1) is 17.2. The van der Waals surface area contributed by atoms with Crippen molar-refractivity contribution in [2.45, 2.75) is 104 Å². The molecule has 37 heavy (non-hydrogen) atoms. The predicted octanol–water partition coefficient (Wildman–Crippen LogP) is 3.73. The summed E-state index contributed by atoms with van der Waals surface area (Å²) in [6, 6.07) is 0.509. The number of benzene rings is 1. The van der Waals surface area contributed by atoms with E-state index in [0.717, 1.165) is 12.8 Å². The fraction of sp³-hybridized carbons (Fsp3) is 0.724. The van der Waals surface area contributed by atoms with Gasteiger partial charge in [0.2, 0.25) is 0 Å². The van der Waals surface area contributed by atoms with Gasteiger partial charge in [-0.05, 0) is 48.5 Å². The quantitative estimate of drug-likeness (QED) is 0.481. The first kappa shape index (κ1) is 26.3. The van der Waals surface area contributed by atoms with Gasteiger partial charge >= 0.3 is 5.97 Å². The minimum Gasteiger partial charge on any atom is -0.508 e. The summed E-state index contributed by atoms with van der Waals surface area (Å²) in [5, 5.41) is 42.9. The van der Waals surface area contributed by atoms with Crippen molar-refractivity contribution in [1.29, 1.82) is 0 Å². The van der Waals surface area contributed by atoms with Gasteiger partial charge in [-0.15, -0.1) is 0 Å². The highest BCUT2D eigenvalue weighted by molar-refractivity contribution is 6.02. The summed E-state index contributed by atoms with van der Waals surface area (Å²) in [4.78, 5) is 27.0. The maximum Gasteiger partial charge on any atom is 0.326 e. The number of carbonyl (C=O) groups is 2. The van der Waals surface area contributed by atoms with Crippen LogP contribution < -0.4 is 4.74 Å². The number of nitrogens with zero attached hydrogens (tertiary/aromatic N) is 1. The monoisotopic (exact) mass is 515 g/mol. The van der Waals surface area contributed by atoms with E-state index in [1.165, 1.54) is 11.0 Å². The highest BCUT2D eigenvalue weighted by Crippen LogP contribution is 2.67. The highest BCUT2D eigenvalue weighted by Gasteiger charge is 2.69. The molecular weight excluding hydrogens is 474 g/mol. The Hall–Kier alpha value is -2.32. The standard InChI is InChI=1S/C29H41NO7/c1-7-14(2)22(26(35)36)30-13-18-16(25(30)34)10-19(31)17-11-29(37-23(17)18)15(3)8-9-21-27(4,5)24(33)20(32)12-28(21,29)6/h10,14-15,20-22,24,31-33H,7-9,11-13H2,1-6H3,(H,35,36). The molecule has 2 fully saturated rings. The molecular formula is C29H41NO7. The topological polar surface area (TPSA) is 128 Å².